The monoisotopic (exact) mass is 414 g/mol. The van der Waals surface area contributed by atoms with Crippen LogP contribution in [0, 0.1) is 34.5 Å². The first-order chi connectivity index (χ1) is 14.3. The molecule has 168 valence electrons. The Balaban J connectivity index is 1.16. The molecule has 0 aromatic carbocycles. The van der Waals surface area contributed by atoms with Crippen LogP contribution in [0.2, 0.25) is 0 Å². The van der Waals surface area contributed by atoms with E-state index in [9.17, 15) is 9.59 Å². The predicted molar refractivity (Wildman–Crippen MR) is 119 cm³/mol. The van der Waals surface area contributed by atoms with E-state index < -0.39 is 0 Å². The van der Waals surface area contributed by atoms with Gasteiger partial charge in [-0.1, -0.05) is 40.5 Å². The van der Waals surface area contributed by atoms with Crippen LogP contribution in [0.3, 0.4) is 0 Å². The van der Waals surface area contributed by atoms with Crippen LogP contribution in [0.5, 0.6) is 0 Å². The molecule has 0 aromatic heterocycles. The second-order valence-corrected chi connectivity index (χ2v) is 12.3. The number of likely N-dealkylation sites (tertiary alicyclic amines) is 2. The summed E-state index contributed by atoms with van der Waals surface area (Å²) in [5, 5.41) is 0. The minimum absolute atomic E-state index is 0.156. The van der Waals surface area contributed by atoms with Crippen molar-refractivity contribution in [1.82, 2.24) is 9.80 Å². The molecular weight excluding hydrogens is 372 g/mol. The molecule has 0 aromatic rings. The SMILES string of the molecule is CC(C)C1N(C(=O)C2CCC(C(=O)N3CC4(CCC4)C3C(C)C)CC2)CC12CCC2. The molecule has 2 amide bonds. The molecule has 2 unspecified atom stereocenters. The molecule has 2 heterocycles. The highest BCUT2D eigenvalue weighted by Gasteiger charge is 2.60. The maximum absolute atomic E-state index is 13.3. The van der Waals surface area contributed by atoms with Crippen LogP contribution < -0.4 is 0 Å². The van der Waals surface area contributed by atoms with Gasteiger partial charge in [0.05, 0.1) is 0 Å². The molecule has 2 aliphatic heterocycles. The van der Waals surface area contributed by atoms with Crippen molar-refractivity contribution in [2.45, 2.75) is 104 Å². The molecule has 2 atom stereocenters. The zero-order valence-electron chi connectivity index (χ0n) is 19.7. The van der Waals surface area contributed by atoms with Gasteiger partial charge in [-0.3, -0.25) is 9.59 Å². The third-order valence-corrected chi connectivity index (χ3v) is 9.85. The van der Waals surface area contributed by atoms with Gasteiger partial charge >= 0.3 is 0 Å². The summed E-state index contributed by atoms with van der Waals surface area (Å²) in [6.45, 7) is 11.1. The Kier molecular flexibility index (Phi) is 5.02. The van der Waals surface area contributed by atoms with Gasteiger partial charge in [0.25, 0.3) is 0 Å². The lowest BCUT2D eigenvalue weighted by Crippen LogP contribution is -2.71. The lowest BCUT2D eigenvalue weighted by Gasteiger charge is -2.65. The molecule has 0 radical (unpaired) electrons. The number of nitrogens with zero attached hydrogens (tertiary/aromatic N) is 2. The predicted octanol–water partition coefficient (Wildman–Crippen LogP) is 4.87. The second kappa shape index (κ2) is 7.24. The molecule has 4 heteroatoms. The van der Waals surface area contributed by atoms with E-state index in [-0.39, 0.29) is 11.8 Å². The average molecular weight is 415 g/mol. The van der Waals surface area contributed by atoms with Gasteiger partial charge in [-0.05, 0) is 63.2 Å². The van der Waals surface area contributed by atoms with E-state index in [4.69, 9.17) is 0 Å². The van der Waals surface area contributed by atoms with Crippen molar-refractivity contribution >= 4 is 11.8 Å². The van der Waals surface area contributed by atoms with Crippen molar-refractivity contribution in [3.05, 3.63) is 0 Å². The summed E-state index contributed by atoms with van der Waals surface area (Å²) in [7, 11) is 0. The normalized spacial score (nSPS) is 36.3. The second-order valence-electron chi connectivity index (χ2n) is 12.3. The number of carbonyl (C=O) groups is 2. The average Bonchev–Trinajstić information content (AvgIpc) is 2.56. The summed E-state index contributed by atoms with van der Waals surface area (Å²) in [4.78, 5) is 31.1. The third-order valence-electron chi connectivity index (χ3n) is 9.85. The minimum atomic E-state index is 0.156. The summed E-state index contributed by atoms with van der Waals surface area (Å²) in [5.41, 5.74) is 0.912. The fourth-order valence-corrected chi connectivity index (χ4v) is 8.29. The highest BCUT2D eigenvalue weighted by Crippen LogP contribution is 2.57. The van der Waals surface area contributed by atoms with Crippen molar-refractivity contribution in [3.8, 4) is 0 Å². The van der Waals surface area contributed by atoms with Gasteiger partial charge in [-0.25, -0.2) is 0 Å². The van der Waals surface area contributed by atoms with Crippen LogP contribution >= 0.6 is 0 Å². The first-order valence-electron chi connectivity index (χ1n) is 12.9. The Hall–Kier alpha value is -1.06. The zero-order valence-corrected chi connectivity index (χ0v) is 19.7. The number of carbonyl (C=O) groups excluding carboxylic acids is 2. The van der Waals surface area contributed by atoms with Gasteiger partial charge in [0.15, 0.2) is 0 Å². The van der Waals surface area contributed by atoms with Crippen molar-refractivity contribution in [2.75, 3.05) is 13.1 Å². The highest BCUT2D eigenvalue weighted by atomic mass is 16.2. The van der Waals surface area contributed by atoms with Crippen molar-refractivity contribution < 1.29 is 9.59 Å². The topological polar surface area (TPSA) is 40.6 Å². The molecule has 30 heavy (non-hydrogen) atoms. The van der Waals surface area contributed by atoms with E-state index in [1.54, 1.807) is 0 Å². The molecule has 5 fully saturated rings. The molecule has 4 nitrogen and oxygen atoms in total. The molecule has 5 aliphatic rings. The molecule has 3 saturated carbocycles. The van der Waals surface area contributed by atoms with E-state index in [0.29, 0.717) is 46.6 Å². The Bertz CT molecular complexity index is 638. The quantitative estimate of drug-likeness (QED) is 0.659. The summed E-state index contributed by atoms with van der Waals surface area (Å²) < 4.78 is 0. The largest absolute Gasteiger partial charge is 0.338 e. The van der Waals surface area contributed by atoms with Crippen molar-refractivity contribution in [2.24, 2.45) is 34.5 Å². The van der Waals surface area contributed by atoms with Crippen LogP contribution in [0.25, 0.3) is 0 Å². The van der Waals surface area contributed by atoms with Crippen molar-refractivity contribution in [3.63, 3.8) is 0 Å². The van der Waals surface area contributed by atoms with Crippen molar-refractivity contribution in [1.29, 1.82) is 0 Å². The third kappa shape index (κ3) is 2.91. The van der Waals surface area contributed by atoms with Crippen LogP contribution in [-0.4, -0.2) is 46.8 Å². The van der Waals surface area contributed by atoms with E-state index in [2.05, 4.69) is 37.5 Å². The fraction of sp³-hybridized carbons (Fsp3) is 0.923. The standard InChI is InChI=1S/C26H42N2O2/c1-17(2)21-25(11-5-12-25)15-27(21)23(29)19-7-9-20(10-8-19)24(30)28-16-26(13-6-14-26)22(28)18(3)4/h17-22H,5-16H2,1-4H3. The molecule has 2 saturated heterocycles. The molecular formula is C26H42N2O2. The van der Waals surface area contributed by atoms with Crippen LogP contribution in [0.15, 0.2) is 0 Å². The molecule has 5 rings (SSSR count). The van der Waals surface area contributed by atoms with Gasteiger partial charge < -0.3 is 9.80 Å². The van der Waals surface area contributed by atoms with Crippen LogP contribution in [0.1, 0.15) is 91.9 Å². The van der Waals surface area contributed by atoms with E-state index in [1.807, 2.05) is 0 Å². The molecule has 3 aliphatic carbocycles. The van der Waals surface area contributed by atoms with Gasteiger partial charge in [-0.2, -0.15) is 0 Å². The van der Waals surface area contributed by atoms with Gasteiger partial charge in [0, 0.05) is 47.8 Å². The Morgan fingerprint density at radius 3 is 1.23 bits per heavy atom. The Morgan fingerprint density at radius 2 is 1.00 bits per heavy atom. The van der Waals surface area contributed by atoms with E-state index >= 15 is 0 Å². The van der Waals surface area contributed by atoms with Crippen LogP contribution in [0.4, 0.5) is 0 Å². The molecule has 2 spiro atoms. The lowest BCUT2D eigenvalue weighted by atomic mass is 9.55. The summed E-state index contributed by atoms with van der Waals surface area (Å²) in [6, 6.07) is 0.925. The first-order valence-corrected chi connectivity index (χ1v) is 12.9. The Morgan fingerprint density at radius 1 is 0.667 bits per heavy atom. The molecule has 0 N–H and O–H groups in total. The summed E-state index contributed by atoms with van der Waals surface area (Å²) in [6.07, 6.45) is 11.6. The maximum Gasteiger partial charge on any atom is 0.225 e. The van der Waals surface area contributed by atoms with Crippen LogP contribution in [-0.2, 0) is 9.59 Å². The molecule has 0 bridgehead atoms. The number of rotatable bonds is 4. The maximum atomic E-state index is 13.3. The van der Waals surface area contributed by atoms with E-state index in [1.165, 1.54) is 38.5 Å². The minimum Gasteiger partial charge on any atom is -0.338 e. The number of amides is 2. The van der Waals surface area contributed by atoms with Gasteiger partial charge in [0.2, 0.25) is 11.8 Å². The fourth-order valence-electron chi connectivity index (χ4n) is 8.29. The number of hydrogen-bond acceptors (Lipinski definition) is 2. The number of hydrogen-bond donors (Lipinski definition) is 0. The summed E-state index contributed by atoms with van der Waals surface area (Å²) >= 11 is 0. The van der Waals surface area contributed by atoms with E-state index in [0.717, 1.165) is 38.8 Å². The van der Waals surface area contributed by atoms with Gasteiger partial charge in [0.1, 0.15) is 0 Å². The highest BCUT2D eigenvalue weighted by molar-refractivity contribution is 5.83. The van der Waals surface area contributed by atoms with Gasteiger partial charge in [-0.15, -0.1) is 0 Å². The first kappa shape index (κ1) is 20.8. The Labute approximate surface area is 183 Å². The smallest absolute Gasteiger partial charge is 0.225 e. The zero-order chi connectivity index (χ0) is 21.3. The summed E-state index contributed by atoms with van der Waals surface area (Å²) in [5.74, 6) is 2.22. The lowest BCUT2D eigenvalue weighted by molar-refractivity contribution is -0.184.